The number of anilines is 1. The van der Waals surface area contributed by atoms with Crippen molar-refractivity contribution in [1.82, 2.24) is 4.98 Å². The highest BCUT2D eigenvalue weighted by atomic mass is 32.2. The first kappa shape index (κ1) is 12.0. The maximum Gasteiger partial charge on any atom is 0.126 e. The molecule has 1 heterocycles. The molecule has 0 saturated carbocycles. The number of hydrogen-bond donors (Lipinski definition) is 1. The third-order valence-corrected chi connectivity index (χ3v) is 3.35. The second-order valence-electron chi connectivity index (χ2n) is 3.68. The Morgan fingerprint density at radius 3 is 3.00 bits per heavy atom. The van der Waals surface area contributed by atoms with Gasteiger partial charge in [0.1, 0.15) is 5.82 Å². The molecule has 3 heteroatoms. The van der Waals surface area contributed by atoms with E-state index in [0.717, 1.165) is 29.4 Å². The molecule has 0 atom stereocenters. The number of nitrogens with zero attached hydrogens (tertiary/aromatic N) is 1. The molecule has 88 valence electrons. The van der Waals surface area contributed by atoms with Crippen LogP contribution in [0.25, 0.3) is 10.9 Å². The quantitative estimate of drug-likeness (QED) is 0.621. The first-order valence-corrected chi connectivity index (χ1v) is 6.84. The van der Waals surface area contributed by atoms with E-state index in [4.69, 9.17) is 0 Å². The number of aromatic nitrogens is 1. The van der Waals surface area contributed by atoms with Crippen molar-refractivity contribution in [2.24, 2.45) is 0 Å². The summed E-state index contributed by atoms with van der Waals surface area (Å²) in [6.07, 6.45) is 1.93. The van der Waals surface area contributed by atoms with E-state index in [2.05, 4.69) is 29.0 Å². The zero-order valence-electron chi connectivity index (χ0n) is 9.73. The van der Waals surface area contributed by atoms with Gasteiger partial charge in [-0.3, -0.25) is 0 Å². The molecule has 0 aliphatic rings. The monoisotopic (exact) mass is 244 g/mol. The fourth-order valence-corrected chi connectivity index (χ4v) is 2.16. The first-order valence-electron chi connectivity index (χ1n) is 5.68. The Morgan fingerprint density at radius 2 is 2.12 bits per heavy atom. The summed E-state index contributed by atoms with van der Waals surface area (Å²) >= 11 is 1.87. The fourth-order valence-electron chi connectivity index (χ4n) is 1.58. The summed E-state index contributed by atoms with van der Waals surface area (Å²) in [4.78, 5) is 4.55. The minimum absolute atomic E-state index is 0.934. The first-order chi connectivity index (χ1) is 8.40. The van der Waals surface area contributed by atoms with Gasteiger partial charge in [-0.1, -0.05) is 24.3 Å². The minimum Gasteiger partial charge on any atom is -0.369 e. The second-order valence-corrected chi connectivity index (χ2v) is 4.83. The van der Waals surface area contributed by atoms with Gasteiger partial charge in [0.2, 0.25) is 0 Å². The van der Waals surface area contributed by atoms with E-state index >= 15 is 0 Å². The lowest BCUT2D eigenvalue weighted by molar-refractivity contribution is 1.19. The van der Waals surface area contributed by atoms with Gasteiger partial charge in [0.05, 0.1) is 5.52 Å². The summed E-state index contributed by atoms with van der Waals surface area (Å²) in [5, 5.41) is 4.51. The molecule has 1 N–H and O–H groups in total. The number of hydrogen-bond acceptors (Lipinski definition) is 3. The summed E-state index contributed by atoms with van der Waals surface area (Å²) in [5.74, 6) is 3.02. The SMILES string of the molecule is C=CCSCCNc1ccc2ccccc2n1. The van der Waals surface area contributed by atoms with Gasteiger partial charge in [-0.2, -0.15) is 11.8 Å². The van der Waals surface area contributed by atoms with Crippen molar-refractivity contribution in [2.75, 3.05) is 23.4 Å². The number of benzene rings is 1. The normalized spacial score (nSPS) is 10.4. The second kappa shape index (κ2) is 6.30. The highest BCUT2D eigenvalue weighted by Gasteiger charge is 1.96. The van der Waals surface area contributed by atoms with Crippen LogP contribution in [0, 0.1) is 0 Å². The number of pyridine rings is 1. The molecular weight excluding hydrogens is 228 g/mol. The van der Waals surface area contributed by atoms with E-state index in [0.29, 0.717) is 0 Å². The number of thioether (sulfide) groups is 1. The lowest BCUT2D eigenvalue weighted by atomic mass is 10.2. The lowest BCUT2D eigenvalue weighted by Crippen LogP contribution is -2.05. The van der Waals surface area contributed by atoms with Crippen molar-refractivity contribution in [3.8, 4) is 0 Å². The molecular formula is C14H16N2S. The van der Waals surface area contributed by atoms with Crippen LogP contribution < -0.4 is 5.32 Å². The zero-order valence-corrected chi connectivity index (χ0v) is 10.5. The van der Waals surface area contributed by atoms with Crippen LogP contribution in [0.15, 0.2) is 49.1 Å². The molecule has 0 aliphatic heterocycles. The summed E-state index contributed by atoms with van der Waals surface area (Å²) in [6, 6.07) is 12.3. The molecule has 1 aromatic carbocycles. The standard InChI is InChI=1S/C14H16N2S/c1-2-10-17-11-9-15-14-8-7-12-5-3-4-6-13(12)16-14/h2-8H,1,9-11H2,(H,15,16). The highest BCUT2D eigenvalue weighted by molar-refractivity contribution is 7.99. The Kier molecular flexibility index (Phi) is 4.45. The molecule has 2 nitrogen and oxygen atoms in total. The summed E-state index contributed by atoms with van der Waals surface area (Å²) in [7, 11) is 0. The van der Waals surface area contributed by atoms with Gasteiger partial charge in [0, 0.05) is 23.4 Å². The van der Waals surface area contributed by atoms with E-state index in [1.807, 2.05) is 42.1 Å². The van der Waals surface area contributed by atoms with Crippen LogP contribution in [0.1, 0.15) is 0 Å². The Balaban J connectivity index is 1.92. The molecule has 2 rings (SSSR count). The third kappa shape index (κ3) is 3.49. The van der Waals surface area contributed by atoms with E-state index in [-0.39, 0.29) is 0 Å². The number of para-hydroxylation sites is 1. The Morgan fingerprint density at radius 1 is 1.24 bits per heavy atom. The molecule has 2 aromatic rings. The van der Waals surface area contributed by atoms with Crippen LogP contribution in [0.2, 0.25) is 0 Å². The molecule has 0 saturated heterocycles. The van der Waals surface area contributed by atoms with E-state index < -0.39 is 0 Å². The number of nitrogens with one attached hydrogen (secondary N) is 1. The smallest absolute Gasteiger partial charge is 0.126 e. The molecule has 0 aliphatic carbocycles. The van der Waals surface area contributed by atoms with Crippen LogP contribution >= 0.6 is 11.8 Å². The fraction of sp³-hybridized carbons (Fsp3) is 0.214. The maximum atomic E-state index is 4.55. The maximum absolute atomic E-state index is 4.55. The van der Waals surface area contributed by atoms with Crippen molar-refractivity contribution in [1.29, 1.82) is 0 Å². The predicted octanol–water partition coefficient (Wildman–Crippen LogP) is 3.57. The van der Waals surface area contributed by atoms with Crippen molar-refractivity contribution in [3.05, 3.63) is 49.1 Å². The molecule has 0 amide bonds. The van der Waals surface area contributed by atoms with Gasteiger partial charge >= 0.3 is 0 Å². The van der Waals surface area contributed by atoms with E-state index in [9.17, 15) is 0 Å². The van der Waals surface area contributed by atoms with E-state index in [1.165, 1.54) is 5.39 Å². The highest BCUT2D eigenvalue weighted by Crippen LogP contribution is 2.14. The van der Waals surface area contributed by atoms with Gasteiger partial charge in [0.15, 0.2) is 0 Å². The van der Waals surface area contributed by atoms with Crippen molar-refractivity contribution >= 4 is 28.5 Å². The molecule has 1 aromatic heterocycles. The van der Waals surface area contributed by atoms with Crippen LogP contribution in [-0.2, 0) is 0 Å². The lowest BCUT2D eigenvalue weighted by Gasteiger charge is -2.05. The molecule has 0 bridgehead atoms. The topological polar surface area (TPSA) is 24.9 Å². The van der Waals surface area contributed by atoms with Crippen molar-refractivity contribution in [2.45, 2.75) is 0 Å². The molecule has 17 heavy (non-hydrogen) atoms. The zero-order chi connectivity index (χ0) is 11.9. The van der Waals surface area contributed by atoms with Crippen LogP contribution in [0.4, 0.5) is 5.82 Å². The van der Waals surface area contributed by atoms with Crippen molar-refractivity contribution < 1.29 is 0 Å². The Bertz CT molecular complexity index is 496. The summed E-state index contributed by atoms with van der Waals surface area (Å²) in [5.41, 5.74) is 1.04. The molecule has 0 fully saturated rings. The average Bonchev–Trinajstić information content (AvgIpc) is 2.38. The minimum atomic E-state index is 0.934. The molecule has 0 spiro atoms. The summed E-state index contributed by atoms with van der Waals surface area (Å²) < 4.78 is 0. The Hall–Kier alpha value is -1.48. The van der Waals surface area contributed by atoms with Gasteiger partial charge < -0.3 is 5.32 Å². The predicted molar refractivity (Wildman–Crippen MR) is 77.8 cm³/mol. The number of fused-ring (bicyclic) bond motifs is 1. The van der Waals surface area contributed by atoms with Crippen LogP contribution in [-0.4, -0.2) is 23.0 Å². The van der Waals surface area contributed by atoms with Gasteiger partial charge in [0.25, 0.3) is 0 Å². The number of rotatable bonds is 6. The van der Waals surface area contributed by atoms with Gasteiger partial charge in [-0.15, -0.1) is 6.58 Å². The van der Waals surface area contributed by atoms with Crippen LogP contribution in [0.5, 0.6) is 0 Å². The van der Waals surface area contributed by atoms with Crippen LogP contribution in [0.3, 0.4) is 0 Å². The average molecular weight is 244 g/mol. The van der Waals surface area contributed by atoms with E-state index in [1.54, 1.807) is 0 Å². The largest absolute Gasteiger partial charge is 0.369 e. The third-order valence-electron chi connectivity index (χ3n) is 2.39. The van der Waals surface area contributed by atoms with Gasteiger partial charge in [-0.05, 0) is 18.2 Å². The summed E-state index contributed by atoms with van der Waals surface area (Å²) in [6.45, 7) is 4.63. The molecule has 0 unspecified atom stereocenters. The van der Waals surface area contributed by atoms with Gasteiger partial charge in [-0.25, -0.2) is 4.98 Å². The Labute approximate surface area is 106 Å². The van der Waals surface area contributed by atoms with Crippen molar-refractivity contribution in [3.63, 3.8) is 0 Å². The molecule has 0 radical (unpaired) electrons.